The maximum atomic E-state index is 12.2. The Morgan fingerprint density at radius 1 is 1.35 bits per heavy atom. The molecule has 110 valence electrons. The maximum Gasteiger partial charge on any atom is 0.339 e. The van der Waals surface area contributed by atoms with Crippen LogP contribution in [-0.4, -0.2) is 31.9 Å². The number of nitrogens with one attached hydrogen (secondary N) is 1. The summed E-state index contributed by atoms with van der Waals surface area (Å²) >= 11 is 0. The van der Waals surface area contributed by atoms with Gasteiger partial charge >= 0.3 is 5.97 Å². The summed E-state index contributed by atoms with van der Waals surface area (Å²) in [6.45, 7) is 0. The predicted octanol–water partition coefficient (Wildman–Crippen LogP) is 2.08. The summed E-state index contributed by atoms with van der Waals surface area (Å²) in [6.07, 6.45) is 3.18. The molecule has 0 unspecified atom stereocenters. The van der Waals surface area contributed by atoms with Crippen molar-refractivity contribution in [3.63, 3.8) is 0 Å². The van der Waals surface area contributed by atoms with Crippen LogP contribution < -0.4 is 9.46 Å². The van der Waals surface area contributed by atoms with Crippen LogP contribution in [0.1, 0.15) is 36.0 Å². The normalized spacial score (nSPS) is 16.1. The Morgan fingerprint density at radius 3 is 2.55 bits per heavy atom. The molecule has 1 aromatic carbocycles. The van der Waals surface area contributed by atoms with E-state index in [0.717, 1.165) is 12.8 Å². The number of carbonyl (C=O) groups is 1. The Hall–Kier alpha value is -1.76. The van der Waals surface area contributed by atoms with E-state index >= 15 is 0 Å². The minimum Gasteiger partial charge on any atom is -0.496 e. The van der Waals surface area contributed by atoms with Gasteiger partial charge in [0.25, 0.3) is 0 Å². The van der Waals surface area contributed by atoms with Crippen molar-refractivity contribution < 1.29 is 23.1 Å². The molecule has 2 rings (SSSR count). The van der Waals surface area contributed by atoms with E-state index in [1.54, 1.807) is 0 Å². The summed E-state index contributed by atoms with van der Waals surface area (Å²) in [6, 6.07) is 4.14. The highest BCUT2D eigenvalue weighted by Crippen LogP contribution is 2.28. The van der Waals surface area contributed by atoms with Crippen LogP contribution in [0, 0.1) is 0 Å². The van der Waals surface area contributed by atoms with Crippen molar-refractivity contribution in [2.45, 2.75) is 30.9 Å². The third-order valence-electron chi connectivity index (χ3n) is 3.43. The molecule has 0 saturated heterocycles. The third-order valence-corrected chi connectivity index (χ3v) is 5.30. The van der Waals surface area contributed by atoms with Gasteiger partial charge in [-0.15, -0.1) is 0 Å². The molecule has 0 radical (unpaired) electrons. The first-order valence-electron chi connectivity index (χ1n) is 6.37. The molecular formula is C13H17NO5S. The molecule has 6 nitrogen and oxygen atoms in total. The quantitative estimate of drug-likeness (QED) is 0.868. The molecule has 20 heavy (non-hydrogen) atoms. The van der Waals surface area contributed by atoms with Gasteiger partial charge in [0.05, 0.1) is 18.0 Å². The molecule has 1 fully saturated rings. The van der Waals surface area contributed by atoms with E-state index < -0.39 is 16.0 Å². The fraction of sp³-hybridized carbons (Fsp3) is 0.462. The van der Waals surface area contributed by atoms with E-state index in [1.165, 1.54) is 25.3 Å². The van der Waals surface area contributed by atoms with Gasteiger partial charge in [0.1, 0.15) is 11.3 Å². The van der Waals surface area contributed by atoms with Gasteiger partial charge < -0.3 is 9.84 Å². The molecule has 0 heterocycles. The highest BCUT2D eigenvalue weighted by Gasteiger charge is 2.28. The standard InChI is InChI=1S/C13H17NO5S/c1-19-12-8-9(6-7-11(12)13(15)16)14-20(17,18)10-4-2-3-5-10/h6-8,10,14H,2-5H2,1H3,(H,15,16). The van der Waals surface area contributed by atoms with E-state index in [4.69, 9.17) is 9.84 Å². The summed E-state index contributed by atoms with van der Waals surface area (Å²) in [4.78, 5) is 11.0. The number of aromatic carboxylic acids is 1. The minimum atomic E-state index is -3.42. The number of ether oxygens (including phenoxy) is 1. The van der Waals surface area contributed by atoms with E-state index in [2.05, 4.69) is 4.72 Å². The summed E-state index contributed by atoms with van der Waals surface area (Å²) in [7, 11) is -2.08. The number of hydrogen-bond acceptors (Lipinski definition) is 4. The van der Waals surface area contributed by atoms with Crippen molar-refractivity contribution in [3.05, 3.63) is 23.8 Å². The largest absolute Gasteiger partial charge is 0.496 e. The average molecular weight is 299 g/mol. The molecule has 0 atom stereocenters. The molecule has 0 aromatic heterocycles. The number of rotatable bonds is 5. The lowest BCUT2D eigenvalue weighted by Gasteiger charge is -2.14. The Bertz CT molecular complexity index is 605. The van der Waals surface area contributed by atoms with Crippen LogP contribution in [0.25, 0.3) is 0 Å². The number of hydrogen-bond donors (Lipinski definition) is 2. The van der Waals surface area contributed by atoms with Gasteiger partial charge in [-0.05, 0) is 25.0 Å². The zero-order valence-corrected chi connectivity index (χ0v) is 11.9. The average Bonchev–Trinajstić information content (AvgIpc) is 2.92. The Morgan fingerprint density at radius 2 is 2.00 bits per heavy atom. The zero-order valence-electron chi connectivity index (χ0n) is 11.1. The smallest absolute Gasteiger partial charge is 0.339 e. The molecular weight excluding hydrogens is 282 g/mol. The Kier molecular flexibility index (Phi) is 4.17. The van der Waals surface area contributed by atoms with Crippen LogP contribution in [0.2, 0.25) is 0 Å². The van der Waals surface area contributed by atoms with Gasteiger partial charge in [-0.1, -0.05) is 12.8 Å². The molecule has 0 aliphatic heterocycles. The molecule has 1 aliphatic carbocycles. The zero-order chi connectivity index (χ0) is 14.8. The van der Waals surface area contributed by atoms with Crippen LogP contribution in [0.3, 0.4) is 0 Å². The maximum absolute atomic E-state index is 12.2. The fourth-order valence-corrected chi connectivity index (χ4v) is 3.95. The van der Waals surface area contributed by atoms with Crippen molar-refractivity contribution in [2.75, 3.05) is 11.8 Å². The Labute approximate surface area is 117 Å². The van der Waals surface area contributed by atoms with Crippen LogP contribution >= 0.6 is 0 Å². The van der Waals surface area contributed by atoms with Crippen LogP contribution in [0.4, 0.5) is 5.69 Å². The molecule has 2 N–H and O–H groups in total. The highest BCUT2D eigenvalue weighted by molar-refractivity contribution is 7.93. The van der Waals surface area contributed by atoms with Crippen molar-refractivity contribution >= 4 is 21.7 Å². The fourth-order valence-electron chi connectivity index (χ4n) is 2.38. The Balaban J connectivity index is 2.23. The number of methoxy groups -OCH3 is 1. The molecule has 1 aliphatic rings. The van der Waals surface area contributed by atoms with E-state index in [0.29, 0.717) is 18.5 Å². The van der Waals surface area contributed by atoms with Crippen LogP contribution in [0.15, 0.2) is 18.2 Å². The number of carboxylic acid groups (broad SMARTS) is 1. The highest BCUT2D eigenvalue weighted by atomic mass is 32.2. The van der Waals surface area contributed by atoms with Crippen LogP contribution in [-0.2, 0) is 10.0 Å². The molecule has 0 bridgehead atoms. The number of benzene rings is 1. The monoisotopic (exact) mass is 299 g/mol. The topological polar surface area (TPSA) is 92.7 Å². The van der Waals surface area contributed by atoms with Gasteiger partial charge in [-0.3, -0.25) is 4.72 Å². The summed E-state index contributed by atoms with van der Waals surface area (Å²) in [5, 5.41) is 8.61. The van der Waals surface area contributed by atoms with Crippen molar-refractivity contribution in [3.8, 4) is 5.75 Å². The summed E-state index contributed by atoms with van der Waals surface area (Å²) in [5.74, 6) is -0.990. The van der Waals surface area contributed by atoms with Gasteiger partial charge in [0, 0.05) is 6.07 Å². The first-order valence-corrected chi connectivity index (χ1v) is 7.91. The van der Waals surface area contributed by atoms with Crippen LogP contribution in [0.5, 0.6) is 5.75 Å². The predicted molar refractivity (Wildman–Crippen MR) is 74.8 cm³/mol. The third kappa shape index (κ3) is 3.04. The lowest BCUT2D eigenvalue weighted by Crippen LogP contribution is -2.25. The lowest BCUT2D eigenvalue weighted by atomic mass is 10.2. The van der Waals surface area contributed by atoms with Crippen molar-refractivity contribution in [2.24, 2.45) is 0 Å². The van der Waals surface area contributed by atoms with Crippen molar-refractivity contribution in [1.82, 2.24) is 0 Å². The van der Waals surface area contributed by atoms with E-state index in [-0.39, 0.29) is 16.6 Å². The van der Waals surface area contributed by atoms with E-state index in [1.807, 2.05) is 0 Å². The first-order chi connectivity index (χ1) is 9.44. The second-order valence-corrected chi connectivity index (χ2v) is 6.73. The lowest BCUT2D eigenvalue weighted by molar-refractivity contribution is 0.0693. The molecule has 0 amide bonds. The number of carboxylic acids is 1. The SMILES string of the molecule is COc1cc(NS(=O)(=O)C2CCCC2)ccc1C(=O)O. The van der Waals surface area contributed by atoms with Gasteiger partial charge in [-0.25, -0.2) is 13.2 Å². The van der Waals surface area contributed by atoms with Crippen molar-refractivity contribution in [1.29, 1.82) is 0 Å². The van der Waals surface area contributed by atoms with E-state index in [9.17, 15) is 13.2 Å². The molecule has 7 heteroatoms. The van der Waals surface area contributed by atoms with Gasteiger partial charge in [0.2, 0.25) is 10.0 Å². The van der Waals surface area contributed by atoms with Gasteiger partial charge in [-0.2, -0.15) is 0 Å². The first kappa shape index (κ1) is 14.6. The summed E-state index contributed by atoms with van der Waals surface area (Å²) in [5.41, 5.74) is 0.315. The second-order valence-electron chi connectivity index (χ2n) is 4.77. The number of anilines is 1. The van der Waals surface area contributed by atoms with Gasteiger partial charge in [0.15, 0.2) is 0 Å². The second kappa shape index (κ2) is 5.70. The molecule has 1 aromatic rings. The molecule has 1 saturated carbocycles. The summed E-state index contributed by atoms with van der Waals surface area (Å²) < 4.78 is 31.8. The number of sulfonamides is 1. The minimum absolute atomic E-state index is 0.00341. The molecule has 0 spiro atoms.